The van der Waals surface area contributed by atoms with Crippen LogP contribution in [0.1, 0.15) is 15.9 Å². The number of nitriles is 1. The summed E-state index contributed by atoms with van der Waals surface area (Å²) < 4.78 is 13.7. The lowest BCUT2D eigenvalue weighted by atomic mass is 10.1. The molecule has 0 radical (unpaired) electrons. The second-order valence-electron chi connectivity index (χ2n) is 4.15. The number of benzene rings is 2. The Hall–Kier alpha value is -2.38. The molecule has 0 aliphatic carbocycles. The van der Waals surface area contributed by atoms with Crippen LogP contribution in [0.3, 0.4) is 0 Å². The molecule has 0 heterocycles. The van der Waals surface area contributed by atoms with E-state index in [4.69, 9.17) is 16.9 Å². The molecule has 0 aliphatic rings. The third-order valence-corrected chi connectivity index (χ3v) is 3.08. The Bertz CT molecular complexity index is 692. The highest BCUT2D eigenvalue weighted by Gasteiger charge is 2.17. The summed E-state index contributed by atoms with van der Waals surface area (Å²) in [6, 6.07) is 12.3. The summed E-state index contributed by atoms with van der Waals surface area (Å²) >= 11 is 5.66. The van der Waals surface area contributed by atoms with Crippen LogP contribution in [-0.4, -0.2) is 13.0 Å². The number of amides is 1. The van der Waals surface area contributed by atoms with E-state index in [-0.39, 0.29) is 10.6 Å². The van der Waals surface area contributed by atoms with E-state index in [1.54, 1.807) is 24.3 Å². The average molecular weight is 289 g/mol. The van der Waals surface area contributed by atoms with E-state index in [9.17, 15) is 9.18 Å². The second-order valence-corrected chi connectivity index (χ2v) is 4.58. The van der Waals surface area contributed by atoms with Gasteiger partial charge in [0, 0.05) is 17.8 Å². The van der Waals surface area contributed by atoms with Crippen molar-refractivity contribution < 1.29 is 9.18 Å². The van der Waals surface area contributed by atoms with Gasteiger partial charge < -0.3 is 4.90 Å². The van der Waals surface area contributed by atoms with Crippen LogP contribution in [0, 0.1) is 17.1 Å². The highest BCUT2D eigenvalue weighted by atomic mass is 35.5. The molecule has 2 rings (SSSR count). The number of hydrogen-bond donors (Lipinski definition) is 0. The lowest BCUT2D eigenvalue weighted by Gasteiger charge is -2.17. The third kappa shape index (κ3) is 2.79. The number of halogens is 2. The highest BCUT2D eigenvalue weighted by molar-refractivity contribution is 6.30. The van der Waals surface area contributed by atoms with Crippen LogP contribution in [0.25, 0.3) is 0 Å². The van der Waals surface area contributed by atoms with E-state index in [0.717, 1.165) is 6.07 Å². The summed E-state index contributed by atoms with van der Waals surface area (Å²) in [4.78, 5) is 13.5. The fraction of sp³-hybridized carbons (Fsp3) is 0.0667. The number of rotatable bonds is 2. The smallest absolute Gasteiger partial charge is 0.260 e. The van der Waals surface area contributed by atoms with Crippen LogP contribution in [-0.2, 0) is 0 Å². The van der Waals surface area contributed by atoms with Gasteiger partial charge in [0.25, 0.3) is 5.91 Å². The Kier molecular flexibility index (Phi) is 4.02. The highest BCUT2D eigenvalue weighted by Crippen LogP contribution is 2.20. The molecule has 0 saturated heterocycles. The number of nitrogens with zero attached hydrogens (tertiary/aromatic N) is 2. The zero-order valence-electron chi connectivity index (χ0n) is 10.6. The average Bonchev–Trinajstić information content (AvgIpc) is 2.46. The van der Waals surface area contributed by atoms with Crippen LogP contribution < -0.4 is 4.90 Å². The molecule has 0 saturated carbocycles. The number of hydrogen-bond acceptors (Lipinski definition) is 2. The van der Waals surface area contributed by atoms with Crippen molar-refractivity contribution in [3.05, 3.63) is 64.4 Å². The zero-order valence-corrected chi connectivity index (χ0v) is 11.4. The van der Waals surface area contributed by atoms with E-state index in [2.05, 4.69) is 0 Å². The molecule has 0 aromatic heterocycles. The lowest BCUT2D eigenvalue weighted by Crippen LogP contribution is -2.27. The molecule has 1 amide bonds. The molecule has 3 nitrogen and oxygen atoms in total. The molecule has 0 N–H and O–H groups in total. The first-order valence-electron chi connectivity index (χ1n) is 5.76. The Labute approximate surface area is 120 Å². The van der Waals surface area contributed by atoms with Gasteiger partial charge in [-0.2, -0.15) is 5.26 Å². The van der Waals surface area contributed by atoms with E-state index in [1.807, 2.05) is 6.07 Å². The fourth-order valence-corrected chi connectivity index (χ4v) is 1.88. The molecule has 5 heteroatoms. The maximum atomic E-state index is 13.7. The molecule has 0 bridgehead atoms. The van der Waals surface area contributed by atoms with Gasteiger partial charge >= 0.3 is 0 Å². The van der Waals surface area contributed by atoms with Crippen molar-refractivity contribution in [2.45, 2.75) is 0 Å². The Morgan fingerprint density at radius 3 is 2.45 bits per heavy atom. The van der Waals surface area contributed by atoms with Crippen molar-refractivity contribution in [3.8, 4) is 6.07 Å². The predicted molar refractivity (Wildman–Crippen MR) is 75.3 cm³/mol. The largest absolute Gasteiger partial charge is 0.311 e. The van der Waals surface area contributed by atoms with E-state index >= 15 is 0 Å². The van der Waals surface area contributed by atoms with Crippen molar-refractivity contribution >= 4 is 23.2 Å². The molecule has 0 unspecified atom stereocenters. The first-order chi connectivity index (χ1) is 9.52. The van der Waals surface area contributed by atoms with Gasteiger partial charge in [0.1, 0.15) is 5.82 Å². The van der Waals surface area contributed by atoms with Crippen molar-refractivity contribution in [1.82, 2.24) is 0 Å². The molecular weight excluding hydrogens is 279 g/mol. The Morgan fingerprint density at radius 2 is 1.90 bits per heavy atom. The normalized spacial score (nSPS) is 9.90. The predicted octanol–water partition coefficient (Wildman–Crippen LogP) is 3.63. The molecule has 20 heavy (non-hydrogen) atoms. The van der Waals surface area contributed by atoms with Crippen LogP contribution in [0.2, 0.25) is 5.02 Å². The SMILES string of the molecule is CN(C(=O)c1ccc(Cl)cc1F)c1ccc(C#N)cc1. The topological polar surface area (TPSA) is 44.1 Å². The fourth-order valence-electron chi connectivity index (χ4n) is 1.72. The van der Waals surface area contributed by atoms with Crippen LogP contribution in [0.4, 0.5) is 10.1 Å². The summed E-state index contributed by atoms with van der Waals surface area (Å²) in [6.07, 6.45) is 0. The first-order valence-corrected chi connectivity index (χ1v) is 6.14. The molecule has 2 aromatic rings. The van der Waals surface area contributed by atoms with Crippen LogP contribution >= 0.6 is 11.6 Å². The summed E-state index contributed by atoms with van der Waals surface area (Å²) in [5, 5.41) is 8.96. The van der Waals surface area contributed by atoms with Gasteiger partial charge in [0.15, 0.2) is 0 Å². The van der Waals surface area contributed by atoms with Gasteiger partial charge in [-0.15, -0.1) is 0 Å². The maximum Gasteiger partial charge on any atom is 0.260 e. The van der Waals surface area contributed by atoms with Crippen molar-refractivity contribution in [2.24, 2.45) is 0 Å². The first kappa shape index (κ1) is 14.0. The van der Waals surface area contributed by atoms with Crippen LogP contribution in [0.15, 0.2) is 42.5 Å². The van der Waals surface area contributed by atoms with Crippen molar-refractivity contribution in [3.63, 3.8) is 0 Å². The summed E-state index contributed by atoms with van der Waals surface area (Å²) in [6.45, 7) is 0. The maximum absolute atomic E-state index is 13.7. The minimum atomic E-state index is -0.664. The minimum Gasteiger partial charge on any atom is -0.311 e. The third-order valence-electron chi connectivity index (χ3n) is 2.85. The quantitative estimate of drug-likeness (QED) is 0.847. The molecule has 0 fully saturated rings. The van der Waals surface area contributed by atoms with Gasteiger partial charge in [0.2, 0.25) is 0 Å². The molecule has 0 atom stereocenters. The van der Waals surface area contributed by atoms with Crippen LogP contribution in [0.5, 0.6) is 0 Å². The lowest BCUT2D eigenvalue weighted by molar-refractivity contribution is 0.0989. The number of carbonyl (C=O) groups excluding carboxylic acids is 1. The number of anilines is 1. The Balaban J connectivity index is 2.30. The Morgan fingerprint density at radius 1 is 1.25 bits per heavy atom. The van der Waals surface area contributed by atoms with Gasteiger partial charge in [-0.25, -0.2) is 4.39 Å². The molecular formula is C15H10ClFN2O. The standard InChI is InChI=1S/C15H10ClFN2O/c1-19(12-5-2-10(9-18)3-6-12)15(20)13-7-4-11(16)8-14(13)17/h2-8H,1H3. The van der Waals surface area contributed by atoms with E-state index < -0.39 is 11.7 Å². The van der Waals surface area contributed by atoms with Crippen molar-refractivity contribution in [1.29, 1.82) is 5.26 Å². The zero-order chi connectivity index (χ0) is 14.7. The van der Waals surface area contributed by atoms with Gasteiger partial charge in [-0.3, -0.25) is 4.79 Å². The molecule has 100 valence electrons. The van der Waals surface area contributed by atoms with Crippen molar-refractivity contribution in [2.75, 3.05) is 11.9 Å². The molecule has 0 spiro atoms. The van der Waals surface area contributed by atoms with E-state index in [1.165, 1.54) is 24.1 Å². The molecule has 0 aliphatic heterocycles. The summed E-state index contributed by atoms with van der Waals surface area (Å²) in [5.41, 5.74) is 1.01. The minimum absolute atomic E-state index is 0.0544. The van der Waals surface area contributed by atoms with E-state index in [0.29, 0.717) is 11.3 Å². The number of carbonyl (C=O) groups is 1. The van der Waals surface area contributed by atoms with Gasteiger partial charge in [-0.1, -0.05) is 11.6 Å². The van der Waals surface area contributed by atoms with Gasteiger partial charge in [-0.05, 0) is 42.5 Å². The summed E-state index contributed by atoms with van der Waals surface area (Å²) in [5.74, 6) is -1.15. The van der Waals surface area contributed by atoms with Gasteiger partial charge in [0.05, 0.1) is 17.2 Å². The second kappa shape index (κ2) is 5.72. The molecule has 2 aromatic carbocycles. The monoisotopic (exact) mass is 288 g/mol. The summed E-state index contributed by atoms with van der Waals surface area (Å²) in [7, 11) is 1.54.